The van der Waals surface area contributed by atoms with Gasteiger partial charge in [-0.3, -0.25) is 4.79 Å². The third-order valence-corrected chi connectivity index (χ3v) is 7.56. The number of hydrogen-bond acceptors (Lipinski definition) is 7. The zero-order chi connectivity index (χ0) is 23.0. The molecule has 0 aliphatic heterocycles. The molecule has 0 aliphatic carbocycles. The maximum Gasteiger partial charge on any atom is 0.333 e. The molecule has 0 aliphatic rings. The number of halogens is 2. The van der Waals surface area contributed by atoms with Gasteiger partial charge in [-0.1, -0.05) is 23.2 Å². The molecule has 4 aromatic rings. The lowest BCUT2D eigenvalue weighted by atomic mass is 10.2. The van der Waals surface area contributed by atoms with Crippen LogP contribution < -0.4 is 15.6 Å². The number of rotatable bonds is 4. The fourth-order valence-corrected chi connectivity index (χ4v) is 5.46. The first kappa shape index (κ1) is 22.2. The number of urea groups is 1. The standard InChI is InChI=1S/C19H13Cl2N5O4S2/c1-10-23-14-4-2-11(20)8-13(14)18(27)26(10)16-6-3-12(9-22-16)24-19(28)25-32(29,30)17-7-5-15(21)31-17/h2-9H,1H3,(H2,24,25,28). The second-order valence-corrected chi connectivity index (χ2v) is 10.5. The van der Waals surface area contributed by atoms with Crippen LogP contribution in [0.3, 0.4) is 0 Å². The molecule has 0 fully saturated rings. The fourth-order valence-electron chi connectivity index (χ4n) is 2.90. The Morgan fingerprint density at radius 2 is 1.91 bits per heavy atom. The highest BCUT2D eigenvalue weighted by Crippen LogP contribution is 2.25. The Morgan fingerprint density at radius 3 is 2.56 bits per heavy atom. The van der Waals surface area contributed by atoms with Crippen LogP contribution in [0, 0.1) is 6.92 Å². The lowest BCUT2D eigenvalue weighted by Gasteiger charge is -2.11. The Morgan fingerprint density at radius 1 is 1.12 bits per heavy atom. The highest BCUT2D eigenvalue weighted by molar-refractivity contribution is 7.92. The number of carbonyl (C=O) groups is 1. The molecule has 1 aromatic carbocycles. The van der Waals surface area contributed by atoms with E-state index in [1.807, 2.05) is 4.72 Å². The number of thiophene rings is 1. The number of hydrogen-bond donors (Lipinski definition) is 2. The molecule has 3 aromatic heterocycles. The summed E-state index contributed by atoms with van der Waals surface area (Å²) in [6.45, 7) is 1.67. The van der Waals surface area contributed by atoms with Gasteiger partial charge in [-0.15, -0.1) is 11.3 Å². The van der Waals surface area contributed by atoms with Gasteiger partial charge in [0, 0.05) is 5.02 Å². The minimum Gasteiger partial charge on any atom is -0.306 e. The van der Waals surface area contributed by atoms with Crippen LogP contribution in [0.2, 0.25) is 9.36 Å². The molecule has 0 spiro atoms. The number of amides is 2. The van der Waals surface area contributed by atoms with Crippen LogP contribution in [0.1, 0.15) is 5.82 Å². The largest absolute Gasteiger partial charge is 0.333 e. The molecular weight excluding hydrogens is 497 g/mol. The SMILES string of the molecule is Cc1nc2ccc(Cl)cc2c(=O)n1-c1ccc(NC(=O)NS(=O)(=O)c2ccc(Cl)s2)cn1. The van der Waals surface area contributed by atoms with Gasteiger partial charge in [-0.25, -0.2) is 32.5 Å². The molecule has 0 bridgehead atoms. The molecular formula is C19H13Cl2N5O4S2. The minimum atomic E-state index is -4.06. The molecule has 4 rings (SSSR count). The van der Waals surface area contributed by atoms with Crippen LogP contribution in [0.15, 0.2) is 57.7 Å². The van der Waals surface area contributed by atoms with Crippen LogP contribution in [-0.4, -0.2) is 29.0 Å². The molecule has 9 nitrogen and oxygen atoms in total. The third-order valence-electron chi connectivity index (χ3n) is 4.27. The summed E-state index contributed by atoms with van der Waals surface area (Å²) >= 11 is 12.6. The lowest BCUT2D eigenvalue weighted by molar-refractivity contribution is 0.256. The smallest absolute Gasteiger partial charge is 0.306 e. The second-order valence-electron chi connectivity index (χ2n) is 6.48. The molecule has 3 heterocycles. The van der Waals surface area contributed by atoms with Crippen molar-refractivity contribution in [3.63, 3.8) is 0 Å². The molecule has 13 heteroatoms. The average Bonchev–Trinajstić information content (AvgIpc) is 3.17. The zero-order valence-electron chi connectivity index (χ0n) is 16.2. The number of aryl methyl sites for hydroxylation is 1. The number of nitrogens with one attached hydrogen (secondary N) is 2. The van der Waals surface area contributed by atoms with Gasteiger partial charge in [-0.2, -0.15) is 0 Å². The summed E-state index contributed by atoms with van der Waals surface area (Å²) in [5, 5.41) is 3.12. The highest BCUT2D eigenvalue weighted by atomic mass is 35.5. The molecule has 0 saturated carbocycles. The second kappa shape index (κ2) is 8.51. The topological polar surface area (TPSA) is 123 Å². The van der Waals surface area contributed by atoms with Crippen molar-refractivity contribution in [2.75, 3.05) is 5.32 Å². The van der Waals surface area contributed by atoms with Gasteiger partial charge in [0.05, 0.1) is 27.1 Å². The number of aromatic nitrogens is 3. The maximum absolute atomic E-state index is 12.9. The quantitative estimate of drug-likeness (QED) is 0.429. The van der Waals surface area contributed by atoms with Crippen molar-refractivity contribution in [2.45, 2.75) is 11.1 Å². The number of fused-ring (bicyclic) bond motifs is 1. The van der Waals surface area contributed by atoms with E-state index in [-0.39, 0.29) is 25.6 Å². The Hall–Kier alpha value is -2.99. The predicted octanol–water partition coefficient (Wildman–Crippen LogP) is 3.97. The van der Waals surface area contributed by atoms with E-state index >= 15 is 0 Å². The van der Waals surface area contributed by atoms with E-state index in [4.69, 9.17) is 23.2 Å². The fraction of sp³-hybridized carbons (Fsp3) is 0.0526. The Balaban J connectivity index is 1.56. The van der Waals surface area contributed by atoms with Gasteiger partial charge in [0.1, 0.15) is 15.9 Å². The van der Waals surface area contributed by atoms with E-state index in [1.165, 1.54) is 41.1 Å². The maximum atomic E-state index is 12.9. The van der Waals surface area contributed by atoms with E-state index in [2.05, 4.69) is 15.3 Å². The van der Waals surface area contributed by atoms with Crippen molar-refractivity contribution >= 4 is 67.2 Å². The van der Waals surface area contributed by atoms with E-state index in [0.29, 0.717) is 21.7 Å². The number of carbonyl (C=O) groups excluding carboxylic acids is 1. The van der Waals surface area contributed by atoms with Gasteiger partial charge < -0.3 is 5.32 Å². The van der Waals surface area contributed by atoms with E-state index in [1.54, 1.807) is 19.1 Å². The van der Waals surface area contributed by atoms with Crippen molar-refractivity contribution in [3.05, 3.63) is 74.2 Å². The van der Waals surface area contributed by atoms with Crippen molar-refractivity contribution < 1.29 is 13.2 Å². The number of nitrogens with zero attached hydrogens (tertiary/aromatic N) is 3. The summed E-state index contributed by atoms with van der Waals surface area (Å²) in [6, 6.07) is 9.55. The molecule has 164 valence electrons. The Kier molecular flexibility index (Phi) is 5.91. The predicted molar refractivity (Wildman–Crippen MR) is 124 cm³/mol. The van der Waals surface area contributed by atoms with Gasteiger partial charge in [0.2, 0.25) is 0 Å². The Bertz CT molecular complexity index is 1520. The first-order valence-corrected chi connectivity index (χ1v) is 11.9. The molecule has 32 heavy (non-hydrogen) atoms. The first-order chi connectivity index (χ1) is 15.1. The normalized spacial score (nSPS) is 11.5. The monoisotopic (exact) mass is 509 g/mol. The van der Waals surface area contributed by atoms with Crippen LogP contribution in [0.25, 0.3) is 16.7 Å². The van der Waals surface area contributed by atoms with Gasteiger partial charge in [-0.05, 0) is 49.4 Å². The highest BCUT2D eigenvalue weighted by Gasteiger charge is 2.20. The van der Waals surface area contributed by atoms with Crippen molar-refractivity contribution in [3.8, 4) is 5.82 Å². The van der Waals surface area contributed by atoms with Crippen LogP contribution >= 0.6 is 34.5 Å². The summed E-state index contributed by atoms with van der Waals surface area (Å²) < 4.78 is 27.8. The molecule has 2 amide bonds. The number of pyridine rings is 1. The first-order valence-electron chi connectivity index (χ1n) is 8.88. The lowest BCUT2D eigenvalue weighted by Crippen LogP contribution is -2.34. The molecule has 2 N–H and O–H groups in total. The van der Waals surface area contributed by atoms with E-state index in [9.17, 15) is 18.0 Å². The van der Waals surface area contributed by atoms with E-state index < -0.39 is 16.1 Å². The van der Waals surface area contributed by atoms with Crippen molar-refractivity contribution in [1.82, 2.24) is 19.3 Å². The molecule has 0 unspecified atom stereocenters. The molecule has 0 atom stereocenters. The number of anilines is 1. The summed E-state index contributed by atoms with van der Waals surface area (Å²) in [4.78, 5) is 33.6. The summed E-state index contributed by atoms with van der Waals surface area (Å²) in [6.07, 6.45) is 1.29. The molecule has 0 saturated heterocycles. The molecule has 0 radical (unpaired) electrons. The third kappa shape index (κ3) is 4.46. The van der Waals surface area contributed by atoms with Crippen LogP contribution in [0.4, 0.5) is 10.5 Å². The van der Waals surface area contributed by atoms with Gasteiger partial charge in [0.15, 0.2) is 0 Å². The van der Waals surface area contributed by atoms with Crippen LogP contribution in [-0.2, 0) is 10.0 Å². The Labute approximate surface area is 195 Å². The summed E-state index contributed by atoms with van der Waals surface area (Å²) in [5.74, 6) is 0.685. The summed E-state index contributed by atoms with van der Waals surface area (Å²) in [5.41, 5.74) is 0.381. The average molecular weight is 510 g/mol. The number of benzene rings is 1. The van der Waals surface area contributed by atoms with Gasteiger partial charge >= 0.3 is 6.03 Å². The van der Waals surface area contributed by atoms with Gasteiger partial charge in [0.25, 0.3) is 15.6 Å². The van der Waals surface area contributed by atoms with E-state index in [0.717, 1.165) is 11.3 Å². The van der Waals surface area contributed by atoms with Crippen LogP contribution in [0.5, 0.6) is 0 Å². The minimum absolute atomic E-state index is 0.0927. The summed E-state index contributed by atoms with van der Waals surface area (Å²) in [7, 11) is -4.06. The zero-order valence-corrected chi connectivity index (χ0v) is 19.3. The van der Waals surface area contributed by atoms with Crippen molar-refractivity contribution in [2.24, 2.45) is 0 Å². The van der Waals surface area contributed by atoms with Crippen molar-refractivity contribution in [1.29, 1.82) is 0 Å². The number of sulfonamides is 1.